The second kappa shape index (κ2) is 5.23. The van der Waals surface area contributed by atoms with Gasteiger partial charge in [0.05, 0.1) is 17.7 Å². The number of nitrogens with zero attached hydrogens (tertiary/aromatic N) is 1. The zero-order chi connectivity index (χ0) is 13.1. The molecule has 1 heterocycles. The number of aldehydes is 1. The summed E-state index contributed by atoms with van der Waals surface area (Å²) in [6, 6.07) is 7.26. The third kappa shape index (κ3) is 2.11. The van der Waals surface area contributed by atoms with E-state index in [9.17, 15) is 9.59 Å². The van der Waals surface area contributed by atoms with Crippen LogP contribution in [0, 0.1) is 0 Å². The van der Waals surface area contributed by atoms with E-state index in [4.69, 9.17) is 16.3 Å². The molecule has 0 radical (unpaired) electrons. The first-order chi connectivity index (χ1) is 8.69. The van der Waals surface area contributed by atoms with Crippen molar-refractivity contribution in [2.24, 2.45) is 0 Å². The average Bonchev–Trinajstić information content (AvgIpc) is 2.63. The molecule has 5 heteroatoms. The monoisotopic (exact) mass is 265 g/mol. The van der Waals surface area contributed by atoms with E-state index < -0.39 is 0 Å². The van der Waals surface area contributed by atoms with Crippen molar-refractivity contribution < 1.29 is 14.3 Å². The molecular weight excluding hydrogens is 254 g/mol. The highest BCUT2D eigenvalue weighted by Crippen LogP contribution is 2.28. The molecule has 0 bridgehead atoms. The van der Waals surface area contributed by atoms with Gasteiger partial charge in [0.15, 0.2) is 6.29 Å². The van der Waals surface area contributed by atoms with Crippen molar-refractivity contribution >= 4 is 34.8 Å². The molecule has 0 spiro atoms. The summed E-state index contributed by atoms with van der Waals surface area (Å²) in [7, 11) is 0. The lowest BCUT2D eigenvalue weighted by Gasteiger charge is -2.06. The molecule has 0 N–H and O–H groups in total. The molecule has 0 unspecified atom stereocenters. The molecule has 0 saturated carbocycles. The smallest absolute Gasteiger partial charge is 0.325 e. The molecule has 4 nitrogen and oxygen atoms in total. The number of hydrogen-bond donors (Lipinski definition) is 0. The van der Waals surface area contributed by atoms with Gasteiger partial charge in [-0.25, -0.2) is 0 Å². The molecule has 2 aromatic rings. The Kier molecular flexibility index (Phi) is 3.67. The molecular formula is C13H12ClNO3. The Hall–Kier alpha value is -1.81. The van der Waals surface area contributed by atoms with Crippen LogP contribution in [0.5, 0.6) is 0 Å². The number of benzene rings is 1. The molecule has 94 valence electrons. The lowest BCUT2D eigenvalue weighted by atomic mass is 10.2. The number of halogens is 1. The number of rotatable bonds is 4. The molecule has 2 rings (SSSR count). The van der Waals surface area contributed by atoms with E-state index in [2.05, 4.69) is 0 Å². The van der Waals surface area contributed by atoms with Crippen molar-refractivity contribution in [2.45, 2.75) is 13.5 Å². The largest absolute Gasteiger partial charge is 0.465 e. The highest BCUT2D eigenvalue weighted by molar-refractivity contribution is 6.34. The maximum Gasteiger partial charge on any atom is 0.325 e. The van der Waals surface area contributed by atoms with E-state index in [0.717, 1.165) is 10.9 Å². The Morgan fingerprint density at radius 2 is 2.17 bits per heavy atom. The minimum atomic E-state index is -0.377. The van der Waals surface area contributed by atoms with Gasteiger partial charge in [-0.1, -0.05) is 29.8 Å². The van der Waals surface area contributed by atoms with Crippen LogP contribution in [0.4, 0.5) is 0 Å². The summed E-state index contributed by atoms with van der Waals surface area (Å²) in [6.07, 6.45) is 0.701. The van der Waals surface area contributed by atoms with Gasteiger partial charge >= 0.3 is 5.97 Å². The third-order valence-electron chi connectivity index (χ3n) is 2.65. The van der Waals surface area contributed by atoms with E-state index >= 15 is 0 Å². The lowest BCUT2D eigenvalue weighted by molar-refractivity contribution is -0.143. The van der Waals surface area contributed by atoms with Crippen LogP contribution < -0.4 is 0 Å². The predicted molar refractivity (Wildman–Crippen MR) is 69.0 cm³/mol. The Labute approximate surface area is 109 Å². The maximum atomic E-state index is 11.5. The van der Waals surface area contributed by atoms with Gasteiger partial charge < -0.3 is 9.30 Å². The Balaban J connectivity index is 2.53. The van der Waals surface area contributed by atoms with Crippen molar-refractivity contribution in [3.05, 3.63) is 35.0 Å². The number of ether oxygens (including phenoxy) is 1. The molecule has 0 fully saturated rings. The summed E-state index contributed by atoms with van der Waals surface area (Å²) in [5, 5.41) is 1.00. The van der Waals surface area contributed by atoms with Crippen molar-refractivity contribution in [1.29, 1.82) is 0 Å². The molecule has 1 aromatic carbocycles. The minimum Gasteiger partial charge on any atom is -0.465 e. The summed E-state index contributed by atoms with van der Waals surface area (Å²) < 4.78 is 6.47. The summed E-state index contributed by atoms with van der Waals surface area (Å²) in [6.45, 7) is 2.06. The van der Waals surface area contributed by atoms with E-state index in [1.807, 2.05) is 18.2 Å². The van der Waals surface area contributed by atoms with Gasteiger partial charge in [0.25, 0.3) is 0 Å². The Morgan fingerprint density at radius 3 is 2.83 bits per heavy atom. The zero-order valence-corrected chi connectivity index (χ0v) is 10.6. The van der Waals surface area contributed by atoms with Gasteiger partial charge in [-0.2, -0.15) is 0 Å². The molecule has 18 heavy (non-hydrogen) atoms. The number of hydrogen-bond acceptors (Lipinski definition) is 3. The number of esters is 1. The molecule has 0 atom stereocenters. The second-order valence-corrected chi connectivity index (χ2v) is 4.09. The van der Waals surface area contributed by atoms with E-state index in [0.29, 0.717) is 18.5 Å². The Bertz CT molecular complexity index is 604. The Morgan fingerprint density at radius 1 is 1.44 bits per heavy atom. The van der Waals surface area contributed by atoms with Gasteiger partial charge in [-0.05, 0) is 13.0 Å². The van der Waals surface area contributed by atoms with Crippen molar-refractivity contribution in [2.75, 3.05) is 6.61 Å². The van der Waals surface area contributed by atoms with Gasteiger partial charge in [-0.15, -0.1) is 0 Å². The highest BCUT2D eigenvalue weighted by Gasteiger charge is 2.16. The van der Waals surface area contributed by atoms with Crippen LogP contribution in [0.15, 0.2) is 24.3 Å². The fourth-order valence-corrected chi connectivity index (χ4v) is 2.20. The summed E-state index contributed by atoms with van der Waals surface area (Å²) in [5.41, 5.74) is 1.15. The van der Waals surface area contributed by atoms with Gasteiger partial charge in [0.1, 0.15) is 11.7 Å². The van der Waals surface area contributed by atoms with Crippen molar-refractivity contribution in [3.63, 3.8) is 0 Å². The molecule has 0 aliphatic heterocycles. The highest BCUT2D eigenvalue weighted by atomic mass is 35.5. The standard InChI is InChI=1S/C13H12ClNO3/c1-2-18-12(17)7-15-11-6-4-3-5-9(11)10(8-16)13(15)14/h3-6,8H,2,7H2,1H3. The molecule has 1 aromatic heterocycles. The van der Waals surface area contributed by atoms with Crippen LogP contribution in [0.25, 0.3) is 10.9 Å². The third-order valence-corrected chi connectivity index (χ3v) is 3.06. The summed E-state index contributed by atoms with van der Waals surface area (Å²) >= 11 is 6.12. The topological polar surface area (TPSA) is 48.3 Å². The van der Waals surface area contributed by atoms with Crippen molar-refractivity contribution in [3.8, 4) is 0 Å². The number of aromatic nitrogens is 1. The van der Waals surface area contributed by atoms with Gasteiger partial charge in [0.2, 0.25) is 0 Å². The number of carbonyl (C=O) groups is 2. The van der Waals surface area contributed by atoms with Crippen LogP contribution in [-0.2, 0) is 16.1 Å². The van der Waals surface area contributed by atoms with Crippen LogP contribution in [0.3, 0.4) is 0 Å². The second-order valence-electron chi connectivity index (χ2n) is 3.73. The quantitative estimate of drug-likeness (QED) is 0.631. The number of fused-ring (bicyclic) bond motifs is 1. The number of carbonyl (C=O) groups excluding carboxylic acids is 2. The first-order valence-corrected chi connectivity index (χ1v) is 5.94. The molecule has 0 amide bonds. The van der Waals surface area contributed by atoms with E-state index in [-0.39, 0.29) is 17.7 Å². The first-order valence-electron chi connectivity index (χ1n) is 5.56. The van der Waals surface area contributed by atoms with E-state index in [1.165, 1.54) is 0 Å². The van der Waals surface area contributed by atoms with Gasteiger partial charge in [0, 0.05) is 5.39 Å². The zero-order valence-electron chi connectivity index (χ0n) is 9.85. The summed E-state index contributed by atoms with van der Waals surface area (Å²) in [4.78, 5) is 22.6. The fourth-order valence-electron chi connectivity index (χ4n) is 1.90. The minimum absolute atomic E-state index is 0.00102. The van der Waals surface area contributed by atoms with E-state index in [1.54, 1.807) is 17.6 Å². The average molecular weight is 266 g/mol. The predicted octanol–water partition coefficient (Wildman–Crippen LogP) is 2.67. The van der Waals surface area contributed by atoms with Gasteiger partial charge in [-0.3, -0.25) is 9.59 Å². The molecule has 0 aliphatic carbocycles. The van der Waals surface area contributed by atoms with Crippen LogP contribution >= 0.6 is 11.6 Å². The molecule has 0 aliphatic rings. The number of para-hydroxylation sites is 1. The normalized spacial score (nSPS) is 10.6. The maximum absolute atomic E-state index is 11.5. The molecule has 0 saturated heterocycles. The van der Waals surface area contributed by atoms with Crippen LogP contribution in [0.2, 0.25) is 5.15 Å². The van der Waals surface area contributed by atoms with Crippen LogP contribution in [-0.4, -0.2) is 23.4 Å². The first kappa shape index (κ1) is 12.6. The lowest BCUT2D eigenvalue weighted by Crippen LogP contribution is -2.13. The van der Waals surface area contributed by atoms with Crippen molar-refractivity contribution in [1.82, 2.24) is 4.57 Å². The van der Waals surface area contributed by atoms with Crippen LogP contribution in [0.1, 0.15) is 17.3 Å². The fraction of sp³-hybridized carbons (Fsp3) is 0.231. The SMILES string of the molecule is CCOC(=O)Cn1c(Cl)c(C=O)c2ccccc21. The summed E-state index contributed by atoms with van der Waals surface area (Å²) in [5.74, 6) is -0.377.